The molecule has 2 aliphatic rings. The number of nitrogens with one attached hydrogen (secondary N) is 3. The molecule has 1 saturated heterocycles. The summed E-state index contributed by atoms with van der Waals surface area (Å²) in [4.78, 5) is 41.2. The number of nitrogens with zero attached hydrogens (tertiary/aromatic N) is 3. The number of pyridine rings is 1. The molecule has 1 unspecified atom stereocenters. The van der Waals surface area contributed by atoms with Crippen molar-refractivity contribution in [1.29, 1.82) is 0 Å². The Morgan fingerprint density at radius 1 is 1.12 bits per heavy atom. The average molecular weight is 545 g/mol. The molecule has 9 nitrogen and oxygen atoms in total. The summed E-state index contributed by atoms with van der Waals surface area (Å²) in [5, 5.41) is 3.39. The van der Waals surface area contributed by atoms with Crippen molar-refractivity contribution >= 4 is 22.6 Å². The number of imidazole rings is 1. The Morgan fingerprint density at radius 3 is 2.75 bits per heavy atom. The van der Waals surface area contributed by atoms with Crippen LogP contribution < -0.4 is 15.6 Å². The first-order valence-corrected chi connectivity index (χ1v) is 13.7. The molecule has 3 N–H and O–H groups in total. The van der Waals surface area contributed by atoms with Crippen molar-refractivity contribution < 1.29 is 13.9 Å². The smallest absolute Gasteiger partial charge is 0.261 e. The van der Waals surface area contributed by atoms with Crippen molar-refractivity contribution in [2.24, 2.45) is 0 Å². The van der Waals surface area contributed by atoms with Crippen LogP contribution >= 0.6 is 0 Å². The lowest BCUT2D eigenvalue weighted by atomic mass is 10.0. The highest BCUT2D eigenvalue weighted by molar-refractivity contribution is 6.02. The van der Waals surface area contributed by atoms with E-state index >= 15 is 0 Å². The van der Waals surface area contributed by atoms with Gasteiger partial charge in [0.1, 0.15) is 23.0 Å². The lowest BCUT2D eigenvalue weighted by Crippen LogP contribution is -2.33. The molecule has 6 rings (SSSR count). The van der Waals surface area contributed by atoms with E-state index in [4.69, 9.17) is 9.72 Å². The highest BCUT2D eigenvalue weighted by Crippen LogP contribution is 2.31. The van der Waals surface area contributed by atoms with Gasteiger partial charge in [0, 0.05) is 37.4 Å². The maximum atomic E-state index is 13.9. The van der Waals surface area contributed by atoms with Gasteiger partial charge in [0.15, 0.2) is 0 Å². The van der Waals surface area contributed by atoms with Crippen molar-refractivity contribution in [2.75, 3.05) is 38.6 Å². The molecule has 2 aromatic heterocycles. The van der Waals surface area contributed by atoms with E-state index in [0.717, 1.165) is 36.3 Å². The topological polar surface area (TPSA) is 106 Å². The zero-order chi connectivity index (χ0) is 27.8. The Hall–Kier alpha value is -4.18. The second kappa shape index (κ2) is 10.8. The first-order valence-electron chi connectivity index (χ1n) is 13.7. The molecule has 0 radical (unpaired) electrons. The van der Waals surface area contributed by atoms with Crippen molar-refractivity contribution in [3.63, 3.8) is 0 Å². The summed E-state index contributed by atoms with van der Waals surface area (Å²) in [6, 6.07) is 9.87. The number of aromatic nitrogens is 3. The molecule has 2 aromatic carbocycles. The van der Waals surface area contributed by atoms with Crippen LogP contribution in [-0.2, 0) is 13.0 Å². The number of fused-ring (bicyclic) bond motifs is 2. The molecule has 40 heavy (non-hydrogen) atoms. The van der Waals surface area contributed by atoms with Gasteiger partial charge >= 0.3 is 0 Å². The second-order valence-corrected chi connectivity index (χ2v) is 10.7. The molecule has 0 saturated carbocycles. The summed E-state index contributed by atoms with van der Waals surface area (Å²) in [5.41, 5.74) is 4.45. The number of ether oxygens (including phenoxy) is 1. The zero-order valence-electron chi connectivity index (χ0n) is 22.7. The second-order valence-electron chi connectivity index (χ2n) is 10.7. The number of likely N-dealkylation sites (tertiary alicyclic amines) is 1. The number of benzene rings is 2. The maximum absolute atomic E-state index is 13.9. The van der Waals surface area contributed by atoms with E-state index in [0.29, 0.717) is 53.4 Å². The van der Waals surface area contributed by atoms with E-state index in [9.17, 15) is 14.0 Å². The molecule has 1 amide bonds. The third-order valence-corrected chi connectivity index (χ3v) is 7.84. The number of rotatable bonds is 9. The molecule has 10 heteroatoms. The van der Waals surface area contributed by atoms with Crippen LogP contribution in [0.15, 0.2) is 47.4 Å². The standard InChI is InChI=1S/C30H33FN6O3/c1-18(13-19-14-21(31)5-6-26(19)40-2)33-23-7-8-32-29(38)27(23)28-34-24-15-20-17-37(12-11-36-9-3-4-10-36)30(39)22(20)16-25(24)35-28/h5-8,14-16,18H,3-4,9-13,17H2,1-2H3,(H,34,35)(H2,32,33,38). The summed E-state index contributed by atoms with van der Waals surface area (Å²) < 4.78 is 19.3. The van der Waals surface area contributed by atoms with E-state index in [-0.39, 0.29) is 23.3 Å². The van der Waals surface area contributed by atoms with Gasteiger partial charge in [-0.3, -0.25) is 9.59 Å². The highest BCUT2D eigenvalue weighted by atomic mass is 19.1. The number of aromatic amines is 2. The average Bonchev–Trinajstić information content (AvgIpc) is 3.66. The van der Waals surface area contributed by atoms with Crippen molar-refractivity contribution in [3.05, 3.63) is 75.5 Å². The third-order valence-electron chi connectivity index (χ3n) is 7.84. The lowest BCUT2D eigenvalue weighted by Gasteiger charge is -2.20. The Labute approximate surface area is 231 Å². The summed E-state index contributed by atoms with van der Waals surface area (Å²) in [6.45, 7) is 6.37. The Bertz CT molecular complexity index is 1620. The van der Waals surface area contributed by atoms with Crippen LogP contribution in [0, 0.1) is 5.82 Å². The largest absolute Gasteiger partial charge is 0.496 e. The molecule has 0 bridgehead atoms. The maximum Gasteiger partial charge on any atom is 0.261 e. The Morgan fingerprint density at radius 2 is 1.95 bits per heavy atom. The van der Waals surface area contributed by atoms with Gasteiger partial charge in [0.25, 0.3) is 11.5 Å². The van der Waals surface area contributed by atoms with Crippen LogP contribution in [0.2, 0.25) is 0 Å². The van der Waals surface area contributed by atoms with Crippen LogP contribution in [0.3, 0.4) is 0 Å². The SMILES string of the molecule is COc1ccc(F)cc1CC(C)Nc1cc[nH]c(=O)c1-c1nc2cc3c(cc2[nH]1)CN(CCN1CCCC1)C3=O. The monoisotopic (exact) mass is 544 g/mol. The van der Waals surface area contributed by atoms with E-state index in [1.807, 2.05) is 24.0 Å². The van der Waals surface area contributed by atoms with Crippen molar-refractivity contribution in [2.45, 2.75) is 38.8 Å². The van der Waals surface area contributed by atoms with E-state index in [1.165, 1.54) is 25.0 Å². The summed E-state index contributed by atoms with van der Waals surface area (Å²) in [7, 11) is 1.56. The first-order chi connectivity index (χ1) is 19.4. The fourth-order valence-corrected chi connectivity index (χ4v) is 5.83. The number of carbonyl (C=O) groups excluding carboxylic acids is 1. The van der Waals surface area contributed by atoms with Gasteiger partial charge in [-0.15, -0.1) is 0 Å². The molecular weight excluding hydrogens is 511 g/mol. The van der Waals surface area contributed by atoms with Crippen LogP contribution in [0.1, 0.15) is 41.3 Å². The number of H-pyrrole nitrogens is 2. The number of hydrogen-bond acceptors (Lipinski definition) is 6. The number of amides is 1. The van der Waals surface area contributed by atoms with Gasteiger partial charge < -0.3 is 29.8 Å². The van der Waals surface area contributed by atoms with Crippen molar-refractivity contribution in [3.8, 4) is 17.1 Å². The molecule has 208 valence electrons. The molecule has 2 aliphatic heterocycles. The number of hydrogen-bond donors (Lipinski definition) is 3. The lowest BCUT2D eigenvalue weighted by molar-refractivity contribution is 0.0763. The highest BCUT2D eigenvalue weighted by Gasteiger charge is 2.29. The van der Waals surface area contributed by atoms with Gasteiger partial charge in [-0.2, -0.15) is 0 Å². The molecular formula is C30H33FN6O3. The Kier molecular flexibility index (Phi) is 7.02. The van der Waals surface area contributed by atoms with Gasteiger partial charge in [0.2, 0.25) is 0 Å². The fraction of sp³-hybridized carbons (Fsp3) is 0.367. The summed E-state index contributed by atoms with van der Waals surface area (Å²) >= 11 is 0. The number of carbonyl (C=O) groups is 1. The first kappa shape index (κ1) is 26.1. The van der Waals surface area contributed by atoms with Gasteiger partial charge in [-0.25, -0.2) is 9.37 Å². The van der Waals surface area contributed by atoms with Gasteiger partial charge in [-0.05, 0) is 86.8 Å². The minimum atomic E-state index is -0.331. The molecule has 1 fully saturated rings. The van der Waals surface area contributed by atoms with Crippen LogP contribution in [0.5, 0.6) is 5.75 Å². The molecule has 0 aliphatic carbocycles. The summed E-state index contributed by atoms with van der Waals surface area (Å²) in [6.07, 6.45) is 4.52. The quantitative estimate of drug-likeness (QED) is 0.292. The fourth-order valence-electron chi connectivity index (χ4n) is 5.83. The predicted molar refractivity (Wildman–Crippen MR) is 152 cm³/mol. The zero-order valence-corrected chi connectivity index (χ0v) is 22.7. The van der Waals surface area contributed by atoms with Gasteiger partial charge in [-0.1, -0.05) is 0 Å². The minimum Gasteiger partial charge on any atom is -0.496 e. The number of methoxy groups -OCH3 is 1. The van der Waals surface area contributed by atoms with Crippen LogP contribution in [0.4, 0.5) is 10.1 Å². The molecule has 4 aromatic rings. The van der Waals surface area contributed by atoms with Crippen molar-refractivity contribution in [1.82, 2.24) is 24.8 Å². The normalized spacial score (nSPS) is 16.1. The number of halogens is 1. The molecule has 1 atom stereocenters. The summed E-state index contributed by atoms with van der Waals surface area (Å²) in [5.74, 6) is 0.719. The van der Waals surface area contributed by atoms with E-state index < -0.39 is 0 Å². The minimum absolute atomic E-state index is 0.0298. The van der Waals surface area contributed by atoms with Crippen LogP contribution in [-0.4, -0.2) is 70.0 Å². The van der Waals surface area contributed by atoms with E-state index in [2.05, 4.69) is 20.2 Å². The Balaban J connectivity index is 1.23. The number of anilines is 1. The third kappa shape index (κ3) is 5.06. The van der Waals surface area contributed by atoms with E-state index in [1.54, 1.807) is 25.4 Å². The van der Waals surface area contributed by atoms with Gasteiger partial charge in [0.05, 0.1) is 23.8 Å². The molecule has 4 heterocycles. The molecule has 0 spiro atoms. The van der Waals surface area contributed by atoms with Crippen LogP contribution in [0.25, 0.3) is 22.4 Å². The predicted octanol–water partition coefficient (Wildman–Crippen LogP) is 4.16.